The van der Waals surface area contributed by atoms with E-state index in [2.05, 4.69) is 23.2 Å². The SMILES string of the molecule is O=C(O)CCC/C=C\C[C@H]1[C@H](/C=C/C(O)Cc2cccnc2)[C@@H]2CC[C@H]1O2. The average Bonchev–Trinajstić information content (AvgIpc) is 3.25. The largest absolute Gasteiger partial charge is 0.481 e. The van der Waals surface area contributed by atoms with Gasteiger partial charge in [0.2, 0.25) is 0 Å². The van der Waals surface area contributed by atoms with Crippen LogP contribution in [-0.4, -0.2) is 39.5 Å². The van der Waals surface area contributed by atoms with Crippen LogP contribution in [0.3, 0.4) is 0 Å². The number of carboxylic acid groups (broad SMARTS) is 1. The highest BCUT2D eigenvalue weighted by atomic mass is 16.5. The summed E-state index contributed by atoms with van der Waals surface area (Å²) in [6.45, 7) is 0. The average molecular weight is 371 g/mol. The van der Waals surface area contributed by atoms with Crippen LogP contribution in [0.25, 0.3) is 0 Å². The lowest BCUT2D eigenvalue weighted by Gasteiger charge is -2.25. The summed E-state index contributed by atoms with van der Waals surface area (Å²) < 4.78 is 6.10. The van der Waals surface area contributed by atoms with Crippen LogP contribution in [-0.2, 0) is 16.0 Å². The third-order valence-corrected chi connectivity index (χ3v) is 5.55. The number of fused-ring (bicyclic) bond motifs is 2. The molecule has 2 bridgehead atoms. The standard InChI is InChI=1S/C22H29NO4/c24-17(14-16-6-5-13-23-15-16)9-10-19-18(20-11-12-21(19)27-20)7-3-1-2-4-8-22(25)26/h1,3,5-6,9-10,13,15,17-21,24H,2,4,7-8,11-12,14H2,(H,25,26)/b3-1-,10-9+/t17?,18-,19-,20+,21-/m0/s1. The molecule has 2 aliphatic heterocycles. The number of unbranched alkanes of at least 4 members (excludes halogenated alkanes) is 1. The summed E-state index contributed by atoms with van der Waals surface area (Å²) in [6.07, 6.45) is 17.3. The van der Waals surface area contributed by atoms with Gasteiger partial charge in [-0.25, -0.2) is 0 Å². The van der Waals surface area contributed by atoms with Crippen molar-refractivity contribution in [3.05, 3.63) is 54.4 Å². The fourth-order valence-corrected chi connectivity index (χ4v) is 4.21. The molecule has 2 aliphatic rings. The van der Waals surface area contributed by atoms with Crippen LogP contribution in [0, 0.1) is 11.8 Å². The third-order valence-electron chi connectivity index (χ3n) is 5.55. The van der Waals surface area contributed by atoms with Crippen LogP contribution in [0.15, 0.2) is 48.8 Å². The first kappa shape index (κ1) is 19.8. The molecule has 27 heavy (non-hydrogen) atoms. The van der Waals surface area contributed by atoms with E-state index in [-0.39, 0.29) is 12.5 Å². The topological polar surface area (TPSA) is 79.7 Å². The second kappa shape index (κ2) is 9.81. The fourth-order valence-electron chi connectivity index (χ4n) is 4.21. The van der Waals surface area contributed by atoms with Crippen molar-refractivity contribution in [1.29, 1.82) is 0 Å². The van der Waals surface area contributed by atoms with Gasteiger partial charge < -0.3 is 14.9 Å². The molecule has 2 saturated heterocycles. The number of carboxylic acids is 1. The zero-order chi connectivity index (χ0) is 19.1. The molecule has 3 heterocycles. The lowest BCUT2D eigenvalue weighted by Crippen LogP contribution is -2.25. The lowest BCUT2D eigenvalue weighted by atomic mass is 9.77. The van der Waals surface area contributed by atoms with E-state index in [1.165, 1.54) is 0 Å². The summed E-state index contributed by atoms with van der Waals surface area (Å²) in [4.78, 5) is 14.6. The second-order valence-corrected chi connectivity index (χ2v) is 7.54. The van der Waals surface area contributed by atoms with E-state index < -0.39 is 12.1 Å². The normalized spacial score (nSPS) is 28.3. The van der Waals surface area contributed by atoms with Gasteiger partial charge in [-0.05, 0) is 49.7 Å². The number of rotatable bonds is 10. The van der Waals surface area contributed by atoms with Gasteiger partial charge >= 0.3 is 5.97 Å². The van der Waals surface area contributed by atoms with Gasteiger partial charge in [-0.2, -0.15) is 0 Å². The molecule has 5 heteroatoms. The Morgan fingerprint density at radius 1 is 1.33 bits per heavy atom. The van der Waals surface area contributed by atoms with E-state index in [1.807, 2.05) is 18.2 Å². The molecule has 1 unspecified atom stereocenters. The first-order valence-corrected chi connectivity index (χ1v) is 9.91. The Kier molecular flexibility index (Phi) is 7.18. The summed E-state index contributed by atoms with van der Waals surface area (Å²) in [6, 6.07) is 3.86. The predicted octanol–water partition coefficient (Wildman–Crippen LogP) is 3.54. The number of aliphatic hydroxyl groups excluding tert-OH is 1. The molecular weight excluding hydrogens is 342 g/mol. The zero-order valence-electron chi connectivity index (χ0n) is 15.6. The Morgan fingerprint density at radius 2 is 2.19 bits per heavy atom. The summed E-state index contributed by atoms with van der Waals surface area (Å²) in [7, 11) is 0. The minimum atomic E-state index is -0.736. The van der Waals surface area contributed by atoms with Crippen molar-refractivity contribution in [2.24, 2.45) is 11.8 Å². The Labute approximate surface area is 160 Å². The van der Waals surface area contributed by atoms with E-state index >= 15 is 0 Å². The van der Waals surface area contributed by atoms with Gasteiger partial charge in [-0.3, -0.25) is 9.78 Å². The van der Waals surface area contributed by atoms with Crippen molar-refractivity contribution >= 4 is 5.97 Å². The van der Waals surface area contributed by atoms with Gasteiger partial charge in [-0.1, -0.05) is 30.4 Å². The Balaban J connectivity index is 1.50. The summed E-state index contributed by atoms with van der Waals surface area (Å²) in [5.41, 5.74) is 1.03. The lowest BCUT2D eigenvalue weighted by molar-refractivity contribution is -0.137. The van der Waals surface area contributed by atoms with Crippen LogP contribution >= 0.6 is 0 Å². The molecular formula is C22H29NO4. The van der Waals surface area contributed by atoms with Crippen LogP contribution < -0.4 is 0 Å². The zero-order valence-corrected chi connectivity index (χ0v) is 15.6. The van der Waals surface area contributed by atoms with Crippen molar-refractivity contribution in [1.82, 2.24) is 4.98 Å². The number of hydrogen-bond donors (Lipinski definition) is 2. The summed E-state index contributed by atoms with van der Waals surface area (Å²) in [5, 5.41) is 19.0. The van der Waals surface area contributed by atoms with E-state index in [0.717, 1.165) is 31.2 Å². The maximum atomic E-state index is 10.5. The van der Waals surface area contributed by atoms with Crippen molar-refractivity contribution in [3.63, 3.8) is 0 Å². The maximum absolute atomic E-state index is 10.5. The van der Waals surface area contributed by atoms with E-state index in [1.54, 1.807) is 12.4 Å². The predicted molar refractivity (Wildman–Crippen MR) is 103 cm³/mol. The number of aliphatic hydroxyl groups is 1. The van der Waals surface area contributed by atoms with Gasteiger partial charge in [0.15, 0.2) is 0 Å². The number of pyridine rings is 1. The number of aromatic nitrogens is 1. The molecule has 5 atom stereocenters. The van der Waals surface area contributed by atoms with Gasteiger partial charge in [-0.15, -0.1) is 0 Å². The van der Waals surface area contributed by atoms with Crippen LogP contribution in [0.5, 0.6) is 0 Å². The number of allylic oxidation sites excluding steroid dienone is 2. The molecule has 0 amide bonds. The van der Waals surface area contributed by atoms with Crippen LogP contribution in [0.1, 0.15) is 44.1 Å². The van der Waals surface area contributed by atoms with Crippen LogP contribution in [0.2, 0.25) is 0 Å². The Hall–Kier alpha value is -1.98. The minimum Gasteiger partial charge on any atom is -0.481 e. The van der Waals surface area contributed by atoms with Crippen molar-refractivity contribution in [3.8, 4) is 0 Å². The van der Waals surface area contributed by atoms with Crippen molar-refractivity contribution in [2.45, 2.75) is 63.3 Å². The molecule has 5 nitrogen and oxygen atoms in total. The second-order valence-electron chi connectivity index (χ2n) is 7.54. The van der Waals surface area contributed by atoms with E-state index in [9.17, 15) is 9.90 Å². The first-order valence-electron chi connectivity index (χ1n) is 9.91. The fraction of sp³-hybridized carbons (Fsp3) is 0.545. The minimum absolute atomic E-state index is 0.224. The van der Waals surface area contributed by atoms with Gasteiger partial charge in [0.1, 0.15) is 0 Å². The molecule has 3 rings (SSSR count). The summed E-state index contributed by atoms with van der Waals surface area (Å²) >= 11 is 0. The van der Waals surface area contributed by atoms with E-state index in [0.29, 0.717) is 30.8 Å². The summed E-state index contributed by atoms with van der Waals surface area (Å²) in [5.74, 6) is 0.0530. The van der Waals surface area contributed by atoms with Crippen molar-refractivity contribution < 1.29 is 19.7 Å². The number of hydrogen-bond acceptors (Lipinski definition) is 4. The van der Waals surface area contributed by atoms with Gasteiger partial charge in [0, 0.05) is 31.2 Å². The third kappa shape index (κ3) is 5.75. The van der Waals surface area contributed by atoms with Crippen LogP contribution in [0.4, 0.5) is 0 Å². The number of nitrogens with zero attached hydrogens (tertiary/aromatic N) is 1. The molecule has 2 fully saturated rings. The highest BCUT2D eigenvalue weighted by molar-refractivity contribution is 5.66. The number of ether oxygens (including phenoxy) is 1. The number of aliphatic carboxylic acids is 1. The van der Waals surface area contributed by atoms with Gasteiger partial charge in [0.25, 0.3) is 0 Å². The molecule has 146 valence electrons. The smallest absolute Gasteiger partial charge is 0.303 e. The van der Waals surface area contributed by atoms with E-state index in [4.69, 9.17) is 9.84 Å². The molecule has 0 radical (unpaired) electrons. The maximum Gasteiger partial charge on any atom is 0.303 e. The Bertz CT molecular complexity index is 658. The molecule has 0 aromatic carbocycles. The molecule has 1 aromatic heterocycles. The highest BCUT2D eigenvalue weighted by Crippen LogP contribution is 2.45. The first-order chi connectivity index (χ1) is 13.1. The van der Waals surface area contributed by atoms with Gasteiger partial charge in [0.05, 0.1) is 18.3 Å². The molecule has 2 N–H and O–H groups in total. The quantitative estimate of drug-likeness (QED) is 0.486. The molecule has 0 saturated carbocycles. The monoisotopic (exact) mass is 371 g/mol. The molecule has 0 spiro atoms. The molecule has 0 aliphatic carbocycles. The highest BCUT2D eigenvalue weighted by Gasteiger charge is 2.46. The number of carbonyl (C=O) groups is 1. The molecule has 1 aromatic rings. The van der Waals surface area contributed by atoms with Crippen molar-refractivity contribution in [2.75, 3.05) is 0 Å². The Morgan fingerprint density at radius 3 is 2.96 bits per heavy atom.